The SMILES string of the molecule is Cc1cc(C)c([C@H]2C=CS(=O)(=O)C2)c(C)c1. The summed E-state index contributed by atoms with van der Waals surface area (Å²) < 4.78 is 22.8. The number of benzene rings is 1. The van der Waals surface area contributed by atoms with Crippen LogP contribution < -0.4 is 0 Å². The molecule has 0 unspecified atom stereocenters. The Morgan fingerprint density at radius 2 is 1.69 bits per heavy atom. The van der Waals surface area contributed by atoms with E-state index >= 15 is 0 Å². The third kappa shape index (κ3) is 2.05. The molecule has 1 aliphatic rings. The number of rotatable bonds is 1. The van der Waals surface area contributed by atoms with Gasteiger partial charge in [0.1, 0.15) is 0 Å². The van der Waals surface area contributed by atoms with E-state index in [1.54, 1.807) is 6.08 Å². The van der Waals surface area contributed by atoms with Gasteiger partial charge in [-0.2, -0.15) is 0 Å². The summed E-state index contributed by atoms with van der Waals surface area (Å²) in [6, 6.07) is 4.22. The number of hydrogen-bond acceptors (Lipinski definition) is 2. The first-order chi connectivity index (χ1) is 7.39. The normalized spacial score (nSPS) is 22.6. The summed E-state index contributed by atoms with van der Waals surface area (Å²) in [5, 5.41) is 1.34. The first kappa shape index (κ1) is 11.4. The van der Waals surface area contributed by atoms with Gasteiger partial charge in [-0.25, -0.2) is 8.42 Å². The minimum absolute atomic E-state index is 0.0330. The van der Waals surface area contributed by atoms with Gasteiger partial charge in [0.05, 0.1) is 5.75 Å². The average Bonchev–Trinajstić information content (AvgIpc) is 2.44. The Morgan fingerprint density at radius 1 is 1.12 bits per heavy atom. The zero-order valence-corrected chi connectivity index (χ0v) is 10.6. The molecular weight excluding hydrogens is 220 g/mol. The van der Waals surface area contributed by atoms with Gasteiger partial charge in [0, 0.05) is 11.3 Å². The molecule has 0 radical (unpaired) electrons. The highest BCUT2D eigenvalue weighted by atomic mass is 32.2. The van der Waals surface area contributed by atoms with Crippen LogP contribution in [0.4, 0.5) is 0 Å². The van der Waals surface area contributed by atoms with Crippen molar-refractivity contribution in [2.45, 2.75) is 26.7 Å². The summed E-state index contributed by atoms with van der Waals surface area (Å²) >= 11 is 0. The van der Waals surface area contributed by atoms with E-state index in [0.29, 0.717) is 0 Å². The van der Waals surface area contributed by atoms with E-state index in [1.165, 1.54) is 27.7 Å². The molecule has 0 bridgehead atoms. The van der Waals surface area contributed by atoms with Crippen molar-refractivity contribution in [3.63, 3.8) is 0 Å². The predicted octanol–water partition coefficient (Wildman–Crippen LogP) is 2.64. The zero-order valence-electron chi connectivity index (χ0n) is 9.82. The fourth-order valence-corrected chi connectivity index (χ4v) is 3.85. The van der Waals surface area contributed by atoms with Gasteiger partial charge < -0.3 is 0 Å². The average molecular weight is 236 g/mol. The van der Waals surface area contributed by atoms with Gasteiger partial charge in [0.25, 0.3) is 0 Å². The molecule has 2 rings (SSSR count). The van der Waals surface area contributed by atoms with Crippen LogP contribution in [0.3, 0.4) is 0 Å². The Bertz CT molecular complexity index is 530. The number of aryl methyl sites for hydroxylation is 3. The number of hydrogen-bond donors (Lipinski definition) is 0. The molecule has 16 heavy (non-hydrogen) atoms. The van der Waals surface area contributed by atoms with Gasteiger partial charge in [-0.15, -0.1) is 0 Å². The lowest BCUT2D eigenvalue weighted by Crippen LogP contribution is -2.07. The first-order valence-electron chi connectivity index (χ1n) is 5.38. The first-order valence-corrected chi connectivity index (χ1v) is 7.09. The Labute approximate surface area is 96.9 Å². The van der Waals surface area contributed by atoms with E-state index in [0.717, 1.165) is 0 Å². The van der Waals surface area contributed by atoms with Crippen molar-refractivity contribution >= 4 is 9.84 Å². The van der Waals surface area contributed by atoms with Crippen molar-refractivity contribution < 1.29 is 8.42 Å². The zero-order chi connectivity index (χ0) is 11.9. The monoisotopic (exact) mass is 236 g/mol. The van der Waals surface area contributed by atoms with Crippen LogP contribution in [0, 0.1) is 20.8 Å². The second-order valence-corrected chi connectivity index (χ2v) is 6.51. The standard InChI is InChI=1S/C13H16O2S/c1-9-6-10(2)13(11(3)7-9)12-4-5-16(14,15)8-12/h4-7,12H,8H2,1-3H3/t12-/m0/s1. The molecule has 0 saturated heterocycles. The smallest absolute Gasteiger partial charge is 0.172 e. The molecule has 0 fully saturated rings. The number of sulfone groups is 1. The summed E-state index contributed by atoms with van der Waals surface area (Å²) in [5.74, 6) is 0.253. The molecule has 1 heterocycles. The van der Waals surface area contributed by atoms with Crippen molar-refractivity contribution in [1.82, 2.24) is 0 Å². The van der Waals surface area contributed by atoms with Gasteiger partial charge >= 0.3 is 0 Å². The van der Waals surface area contributed by atoms with Gasteiger partial charge in [-0.05, 0) is 37.5 Å². The van der Waals surface area contributed by atoms with E-state index < -0.39 is 9.84 Å². The maximum Gasteiger partial charge on any atom is 0.172 e. The van der Waals surface area contributed by atoms with Crippen LogP contribution in [-0.4, -0.2) is 14.2 Å². The second-order valence-electron chi connectivity index (χ2n) is 4.58. The third-order valence-corrected chi connectivity index (χ3v) is 4.43. The Balaban J connectivity index is 2.47. The molecule has 0 aliphatic carbocycles. The van der Waals surface area contributed by atoms with Crippen molar-refractivity contribution in [2.24, 2.45) is 0 Å². The minimum Gasteiger partial charge on any atom is -0.224 e. The molecule has 1 atom stereocenters. The summed E-state index contributed by atoms with van der Waals surface area (Å²) in [4.78, 5) is 0. The lowest BCUT2D eigenvalue weighted by atomic mass is 9.90. The Hall–Kier alpha value is -1.09. The topological polar surface area (TPSA) is 34.1 Å². The minimum atomic E-state index is -2.97. The Kier molecular flexibility index (Phi) is 2.66. The van der Waals surface area contributed by atoms with Crippen LogP contribution in [-0.2, 0) is 9.84 Å². The van der Waals surface area contributed by atoms with E-state index in [-0.39, 0.29) is 11.7 Å². The van der Waals surface area contributed by atoms with Crippen molar-refractivity contribution in [3.8, 4) is 0 Å². The van der Waals surface area contributed by atoms with Crippen LogP contribution in [0.15, 0.2) is 23.6 Å². The van der Waals surface area contributed by atoms with Gasteiger partial charge in [0.15, 0.2) is 9.84 Å². The van der Waals surface area contributed by atoms with Gasteiger partial charge in [0.2, 0.25) is 0 Å². The summed E-state index contributed by atoms with van der Waals surface area (Å²) in [7, 11) is -2.97. The van der Waals surface area contributed by atoms with Crippen molar-refractivity contribution in [2.75, 3.05) is 5.75 Å². The van der Waals surface area contributed by atoms with E-state index in [9.17, 15) is 8.42 Å². The second kappa shape index (κ2) is 3.74. The molecule has 1 aromatic carbocycles. The third-order valence-electron chi connectivity index (χ3n) is 3.04. The molecule has 0 spiro atoms. The molecule has 3 heteroatoms. The highest BCUT2D eigenvalue weighted by Crippen LogP contribution is 2.31. The van der Waals surface area contributed by atoms with Crippen LogP contribution in [0.2, 0.25) is 0 Å². The fourth-order valence-electron chi connectivity index (χ4n) is 2.53. The molecule has 0 saturated carbocycles. The summed E-state index contributed by atoms with van der Waals surface area (Å²) in [6.07, 6.45) is 1.81. The van der Waals surface area contributed by atoms with Crippen LogP contribution >= 0.6 is 0 Å². The van der Waals surface area contributed by atoms with Gasteiger partial charge in [-0.1, -0.05) is 23.8 Å². The molecule has 86 valence electrons. The summed E-state index contributed by atoms with van der Waals surface area (Å²) in [6.45, 7) is 6.16. The number of allylic oxidation sites excluding steroid dienone is 1. The molecule has 1 aromatic rings. The largest absolute Gasteiger partial charge is 0.224 e. The quantitative estimate of drug-likeness (QED) is 0.751. The lowest BCUT2D eigenvalue weighted by Gasteiger charge is -2.15. The highest BCUT2D eigenvalue weighted by molar-refractivity contribution is 7.94. The van der Waals surface area contributed by atoms with Gasteiger partial charge in [-0.3, -0.25) is 0 Å². The molecule has 0 N–H and O–H groups in total. The Morgan fingerprint density at radius 3 is 2.12 bits per heavy atom. The highest BCUT2D eigenvalue weighted by Gasteiger charge is 2.25. The molecule has 1 aliphatic heterocycles. The predicted molar refractivity (Wildman–Crippen MR) is 66.3 cm³/mol. The molecular formula is C13H16O2S. The van der Waals surface area contributed by atoms with Crippen molar-refractivity contribution in [1.29, 1.82) is 0 Å². The van der Waals surface area contributed by atoms with Crippen LogP contribution in [0.5, 0.6) is 0 Å². The van der Waals surface area contributed by atoms with E-state index in [1.807, 2.05) is 13.8 Å². The van der Waals surface area contributed by atoms with E-state index in [4.69, 9.17) is 0 Å². The van der Waals surface area contributed by atoms with Crippen LogP contribution in [0.25, 0.3) is 0 Å². The maximum absolute atomic E-state index is 11.4. The van der Waals surface area contributed by atoms with Crippen molar-refractivity contribution in [3.05, 3.63) is 45.9 Å². The van der Waals surface area contributed by atoms with E-state index in [2.05, 4.69) is 19.1 Å². The fraction of sp³-hybridized carbons (Fsp3) is 0.385. The van der Waals surface area contributed by atoms with Crippen LogP contribution in [0.1, 0.15) is 28.2 Å². The maximum atomic E-state index is 11.4. The summed E-state index contributed by atoms with van der Waals surface area (Å²) in [5.41, 5.74) is 4.76. The molecule has 2 nitrogen and oxygen atoms in total. The lowest BCUT2D eigenvalue weighted by molar-refractivity contribution is 0.604. The molecule has 0 amide bonds. The molecule has 0 aromatic heterocycles.